The van der Waals surface area contributed by atoms with E-state index in [1.54, 1.807) is 35.2 Å². The molecule has 0 atom stereocenters. The molecule has 0 spiro atoms. The first kappa shape index (κ1) is 22.7. The molecule has 11 heteroatoms. The van der Waals surface area contributed by atoms with Gasteiger partial charge in [-0.3, -0.25) is 4.79 Å². The van der Waals surface area contributed by atoms with Crippen molar-refractivity contribution in [3.8, 4) is 0 Å². The number of piperazine rings is 1. The highest BCUT2D eigenvalue weighted by Gasteiger charge is 2.30. The van der Waals surface area contributed by atoms with Gasteiger partial charge < -0.3 is 10.2 Å². The van der Waals surface area contributed by atoms with Gasteiger partial charge >= 0.3 is 0 Å². The fourth-order valence-electron chi connectivity index (χ4n) is 3.25. The molecule has 2 aromatic carbocycles. The second-order valence-electron chi connectivity index (χ2n) is 7.10. The topological polar surface area (TPSA) is 95.5 Å². The van der Waals surface area contributed by atoms with E-state index in [9.17, 15) is 13.2 Å². The molecular weight excluding hydrogens is 466 g/mol. The molecule has 1 amide bonds. The summed E-state index contributed by atoms with van der Waals surface area (Å²) in [5.41, 5.74) is 1.15. The number of nitrogens with one attached hydrogen (secondary N) is 1. The fraction of sp³-hybridized carbons (Fsp3) is 0.286. The van der Waals surface area contributed by atoms with Crippen molar-refractivity contribution >= 4 is 44.2 Å². The van der Waals surface area contributed by atoms with Gasteiger partial charge in [-0.2, -0.15) is 4.31 Å². The van der Waals surface area contributed by atoms with Crippen LogP contribution in [0, 0.1) is 0 Å². The molecule has 8 nitrogen and oxygen atoms in total. The van der Waals surface area contributed by atoms with Crippen molar-refractivity contribution < 1.29 is 13.2 Å². The number of rotatable bonds is 8. The summed E-state index contributed by atoms with van der Waals surface area (Å²) in [6.07, 6.45) is 0. The fourth-order valence-corrected chi connectivity index (χ4v) is 6.34. The minimum atomic E-state index is -3.52. The Hall–Kier alpha value is -2.47. The molecule has 0 saturated carbocycles. The Bertz CT molecular complexity index is 1130. The van der Waals surface area contributed by atoms with Crippen molar-refractivity contribution in [3.63, 3.8) is 0 Å². The number of nitrogens with zero attached hydrogens (tertiary/aromatic N) is 4. The Morgan fingerprint density at radius 2 is 1.62 bits per heavy atom. The van der Waals surface area contributed by atoms with E-state index in [2.05, 4.69) is 15.5 Å². The first-order valence-electron chi connectivity index (χ1n) is 10.1. The minimum Gasteiger partial charge on any atom is -0.356 e. The number of hydrogen-bond donors (Lipinski definition) is 1. The summed E-state index contributed by atoms with van der Waals surface area (Å²) in [4.78, 5) is 14.6. The van der Waals surface area contributed by atoms with E-state index in [4.69, 9.17) is 0 Å². The van der Waals surface area contributed by atoms with E-state index in [0.29, 0.717) is 37.9 Å². The smallest absolute Gasteiger partial charge is 0.243 e. The molecule has 2 heterocycles. The number of carbonyl (C=O) groups is 1. The maximum Gasteiger partial charge on any atom is 0.243 e. The van der Waals surface area contributed by atoms with Crippen LogP contribution in [-0.2, 0) is 21.4 Å². The molecule has 4 rings (SSSR count). The van der Waals surface area contributed by atoms with Crippen molar-refractivity contribution in [2.75, 3.05) is 37.2 Å². The summed E-state index contributed by atoms with van der Waals surface area (Å²) >= 11 is 2.76. The Kier molecular flexibility index (Phi) is 7.40. The second-order valence-corrected chi connectivity index (χ2v) is 11.2. The van der Waals surface area contributed by atoms with Crippen LogP contribution in [0.5, 0.6) is 0 Å². The molecule has 1 aliphatic rings. The number of sulfonamides is 1. The molecule has 1 aromatic heterocycles. The minimum absolute atomic E-state index is 0.0271. The number of anilines is 1. The Morgan fingerprint density at radius 3 is 2.31 bits per heavy atom. The number of amides is 1. The third kappa shape index (κ3) is 5.66. The standard InChI is InChI=1S/C21H23N5O3S3/c27-19(16-30-21-24-23-20(31-21)22-15-17-7-3-1-4-8-17)25-11-13-26(14-12-25)32(28,29)18-9-5-2-6-10-18/h1-10H,11-16H2,(H,22,23). The Balaban J connectivity index is 1.23. The average molecular weight is 490 g/mol. The summed E-state index contributed by atoms with van der Waals surface area (Å²) in [7, 11) is -3.52. The van der Waals surface area contributed by atoms with Gasteiger partial charge in [0.05, 0.1) is 10.6 Å². The lowest BCUT2D eigenvalue weighted by Gasteiger charge is -2.34. The molecule has 0 aliphatic carbocycles. The normalized spacial score (nSPS) is 14.9. The van der Waals surface area contributed by atoms with E-state index in [0.717, 1.165) is 9.90 Å². The molecule has 1 N–H and O–H groups in total. The van der Waals surface area contributed by atoms with Gasteiger partial charge in [0, 0.05) is 32.7 Å². The van der Waals surface area contributed by atoms with Crippen LogP contribution < -0.4 is 5.32 Å². The van der Waals surface area contributed by atoms with Crippen LogP contribution in [0.4, 0.5) is 5.13 Å². The Morgan fingerprint density at radius 1 is 0.969 bits per heavy atom. The van der Waals surface area contributed by atoms with Gasteiger partial charge in [0.2, 0.25) is 21.1 Å². The predicted octanol–water partition coefficient (Wildman–Crippen LogP) is 2.78. The van der Waals surface area contributed by atoms with Crippen molar-refractivity contribution in [1.82, 2.24) is 19.4 Å². The van der Waals surface area contributed by atoms with Crippen LogP contribution in [0.15, 0.2) is 69.9 Å². The summed E-state index contributed by atoms with van der Waals surface area (Å²) < 4.78 is 27.6. The zero-order valence-electron chi connectivity index (χ0n) is 17.3. The quantitative estimate of drug-likeness (QED) is 0.486. The van der Waals surface area contributed by atoms with E-state index in [1.165, 1.54) is 27.4 Å². The molecule has 0 bridgehead atoms. The molecule has 1 aliphatic heterocycles. The lowest BCUT2D eigenvalue weighted by Crippen LogP contribution is -2.50. The van der Waals surface area contributed by atoms with E-state index >= 15 is 0 Å². The van der Waals surface area contributed by atoms with Crippen molar-refractivity contribution in [3.05, 3.63) is 66.2 Å². The summed E-state index contributed by atoms with van der Waals surface area (Å²) in [6, 6.07) is 18.4. The van der Waals surface area contributed by atoms with Gasteiger partial charge in [0.25, 0.3) is 0 Å². The molecule has 168 valence electrons. The van der Waals surface area contributed by atoms with E-state index in [1.807, 2.05) is 30.3 Å². The molecule has 0 radical (unpaired) electrons. The molecular formula is C21H23N5O3S3. The molecule has 3 aromatic rings. The first-order valence-corrected chi connectivity index (χ1v) is 13.3. The third-order valence-corrected chi connectivity index (χ3v) is 8.90. The van der Waals surface area contributed by atoms with Crippen LogP contribution in [0.1, 0.15) is 5.56 Å². The number of carbonyl (C=O) groups excluding carboxylic acids is 1. The van der Waals surface area contributed by atoms with Crippen molar-refractivity contribution in [2.24, 2.45) is 0 Å². The van der Waals surface area contributed by atoms with Gasteiger partial charge in [0.1, 0.15) is 0 Å². The molecule has 1 fully saturated rings. The largest absolute Gasteiger partial charge is 0.356 e. The van der Waals surface area contributed by atoms with Crippen LogP contribution in [-0.4, -0.2) is 65.7 Å². The molecule has 0 unspecified atom stereocenters. The molecule has 32 heavy (non-hydrogen) atoms. The van der Waals surface area contributed by atoms with Gasteiger partial charge in [-0.05, 0) is 17.7 Å². The lowest BCUT2D eigenvalue weighted by atomic mass is 10.2. The monoisotopic (exact) mass is 489 g/mol. The number of hydrogen-bond acceptors (Lipinski definition) is 8. The van der Waals surface area contributed by atoms with Crippen LogP contribution in [0.25, 0.3) is 0 Å². The SMILES string of the molecule is O=C(CSc1nnc(NCc2ccccc2)s1)N1CCN(S(=O)(=O)c2ccccc2)CC1. The third-order valence-electron chi connectivity index (χ3n) is 4.98. The Labute approximate surface area is 195 Å². The number of benzene rings is 2. The van der Waals surface area contributed by atoms with Crippen molar-refractivity contribution in [2.45, 2.75) is 15.8 Å². The summed E-state index contributed by atoms with van der Waals surface area (Å²) in [5, 5.41) is 12.2. The molecule has 1 saturated heterocycles. The maximum atomic E-state index is 12.7. The highest BCUT2D eigenvalue weighted by atomic mass is 32.2. The van der Waals surface area contributed by atoms with Crippen molar-refractivity contribution in [1.29, 1.82) is 0 Å². The lowest BCUT2D eigenvalue weighted by molar-refractivity contribution is -0.129. The van der Waals surface area contributed by atoms with E-state index < -0.39 is 10.0 Å². The highest BCUT2D eigenvalue weighted by Crippen LogP contribution is 2.26. The average Bonchev–Trinajstić information content (AvgIpc) is 3.30. The second kappa shape index (κ2) is 10.4. The van der Waals surface area contributed by atoms with Gasteiger partial charge in [-0.1, -0.05) is 71.6 Å². The zero-order valence-corrected chi connectivity index (χ0v) is 19.7. The first-order chi connectivity index (χ1) is 15.5. The maximum absolute atomic E-state index is 12.7. The predicted molar refractivity (Wildman–Crippen MR) is 126 cm³/mol. The summed E-state index contributed by atoms with van der Waals surface area (Å²) in [5.74, 6) is 0.222. The highest BCUT2D eigenvalue weighted by molar-refractivity contribution is 8.01. The van der Waals surface area contributed by atoms with E-state index in [-0.39, 0.29) is 16.6 Å². The van der Waals surface area contributed by atoms with Gasteiger partial charge in [0.15, 0.2) is 4.34 Å². The number of aromatic nitrogens is 2. The van der Waals surface area contributed by atoms with Crippen LogP contribution in [0.2, 0.25) is 0 Å². The van der Waals surface area contributed by atoms with Gasteiger partial charge in [-0.15, -0.1) is 10.2 Å². The number of thioether (sulfide) groups is 1. The van der Waals surface area contributed by atoms with Gasteiger partial charge in [-0.25, -0.2) is 8.42 Å². The van der Waals surface area contributed by atoms with Crippen LogP contribution in [0.3, 0.4) is 0 Å². The summed E-state index contributed by atoms with van der Waals surface area (Å²) in [6.45, 7) is 2.01. The van der Waals surface area contributed by atoms with Crippen LogP contribution >= 0.6 is 23.1 Å². The zero-order chi connectivity index (χ0) is 22.4.